The van der Waals surface area contributed by atoms with Crippen LogP contribution in [-0.4, -0.2) is 28.9 Å². The normalized spacial score (nSPS) is 36.4. The summed E-state index contributed by atoms with van der Waals surface area (Å²) >= 11 is 3.43. The van der Waals surface area contributed by atoms with E-state index in [2.05, 4.69) is 22.5 Å². The number of fused-ring (bicyclic) bond motifs is 3. The third-order valence-corrected chi connectivity index (χ3v) is 7.22. The molecule has 0 heterocycles. The quantitative estimate of drug-likeness (QED) is 0.564. The first-order chi connectivity index (χ1) is 11.2. The largest absolute Gasteiger partial charge is 0.506 e. The summed E-state index contributed by atoms with van der Waals surface area (Å²) < 4.78 is 5.79. The highest BCUT2D eigenvalue weighted by atomic mass is 79.9. The molecule has 0 aliphatic heterocycles. The number of hydrogen-bond acceptors (Lipinski definition) is 4. The van der Waals surface area contributed by atoms with Gasteiger partial charge in [-0.1, -0.05) is 6.58 Å². The van der Waals surface area contributed by atoms with Gasteiger partial charge in [0.15, 0.2) is 0 Å². The van der Waals surface area contributed by atoms with Crippen molar-refractivity contribution >= 4 is 21.9 Å². The van der Waals surface area contributed by atoms with Crippen LogP contribution in [0.2, 0.25) is 0 Å². The van der Waals surface area contributed by atoms with Gasteiger partial charge in [-0.15, -0.1) is 0 Å². The van der Waals surface area contributed by atoms with Gasteiger partial charge < -0.3 is 14.9 Å². The summed E-state index contributed by atoms with van der Waals surface area (Å²) in [7, 11) is 1.40. The molecule has 4 nitrogen and oxygen atoms in total. The van der Waals surface area contributed by atoms with Crippen LogP contribution in [0.4, 0.5) is 0 Å². The first kappa shape index (κ1) is 16.2. The molecule has 128 valence electrons. The molecule has 3 aliphatic rings. The van der Waals surface area contributed by atoms with Crippen LogP contribution in [0.1, 0.15) is 54.2 Å². The van der Waals surface area contributed by atoms with Crippen LogP contribution in [0.5, 0.6) is 5.75 Å². The Morgan fingerprint density at radius 3 is 2.88 bits per heavy atom. The fraction of sp³-hybridized carbons (Fsp3) is 0.526. The molecular formula is C19H21BrO4. The van der Waals surface area contributed by atoms with Gasteiger partial charge in [-0.3, -0.25) is 4.79 Å². The molecule has 5 heteroatoms. The molecule has 0 radical (unpaired) electrons. The SMILES string of the molecule is C=C1C[C@]23C[C@@]1(O)CC[C@H]2c1cc(Br)c(O)c(C)c1[C@@H]3C(=O)OC. The molecule has 2 N–H and O–H groups in total. The minimum absolute atomic E-state index is 0.171. The molecule has 24 heavy (non-hydrogen) atoms. The number of benzene rings is 1. The molecule has 3 aliphatic carbocycles. The van der Waals surface area contributed by atoms with Gasteiger partial charge in [0.25, 0.3) is 0 Å². The van der Waals surface area contributed by atoms with Crippen molar-refractivity contribution in [2.45, 2.75) is 50.0 Å². The summed E-state index contributed by atoms with van der Waals surface area (Å²) in [6.07, 6.45) is 2.64. The van der Waals surface area contributed by atoms with Gasteiger partial charge in [-0.25, -0.2) is 0 Å². The van der Waals surface area contributed by atoms with Gasteiger partial charge in [0.05, 0.1) is 23.1 Å². The number of ether oxygens (including phenoxy) is 1. The molecule has 0 aromatic heterocycles. The predicted molar refractivity (Wildman–Crippen MR) is 93.0 cm³/mol. The van der Waals surface area contributed by atoms with Gasteiger partial charge in [-0.05, 0) is 82.8 Å². The molecule has 0 unspecified atom stereocenters. The lowest BCUT2D eigenvalue weighted by Gasteiger charge is -2.41. The molecule has 2 fully saturated rings. The van der Waals surface area contributed by atoms with E-state index in [0.29, 0.717) is 23.7 Å². The van der Waals surface area contributed by atoms with E-state index in [1.807, 2.05) is 13.0 Å². The second-order valence-corrected chi connectivity index (χ2v) is 8.46. The van der Waals surface area contributed by atoms with Gasteiger partial charge in [0.2, 0.25) is 0 Å². The third-order valence-electron chi connectivity index (χ3n) is 6.62. The van der Waals surface area contributed by atoms with Crippen molar-refractivity contribution in [3.63, 3.8) is 0 Å². The molecule has 1 spiro atoms. The fourth-order valence-corrected chi connectivity index (χ4v) is 6.13. The molecule has 1 aromatic carbocycles. The number of hydrogen-bond donors (Lipinski definition) is 2. The first-order valence-electron chi connectivity index (χ1n) is 8.25. The van der Waals surface area contributed by atoms with Gasteiger partial charge >= 0.3 is 5.97 Å². The monoisotopic (exact) mass is 392 g/mol. The van der Waals surface area contributed by atoms with Crippen LogP contribution in [0.25, 0.3) is 0 Å². The summed E-state index contributed by atoms with van der Waals surface area (Å²) in [5.41, 5.74) is 2.26. The number of phenols is 1. The van der Waals surface area contributed by atoms with Crippen molar-refractivity contribution in [1.29, 1.82) is 0 Å². The average Bonchev–Trinajstić information content (AvgIpc) is 2.91. The maximum atomic E-state index is 12.7. The average molecular weight is 393 g/mol. The Labute approximate surface area is 149 Å². The Morgan fingerprint density at radius 2 is 2.21 bits per heavy atom. The Balaban J connectivity index is 2.00. The van der Waals surface area contributed by atoms with E-state index < -0.39 is 16.9 Å². The van der Waals surface area contributed by atoms with Crippen molar-refractivity contribution in [2.24, 2.45) is 5.41 Å². The predicted octanol–water partition coefficient (Wildman–Crippen LogP) is 3.68. The van der Waals surface area contributed by atoms with Crippen molar-refractivity contribution in [3.05, 3.63) is 39.4 Å². The first-order valence-corrected chi connectivity index (χ1v) is 9.05. The lowest BCUT2D eigenvalue weighted by atomic mass is 9.63. The highest BCUT2D eigenvalue weighted by Gasteiger charge is 2.66. The minimum atomic E-state index is -0.877. The molecule has 2 bridgehead atoms. The number of aromatic hydroxyl groups is 1. The van der Waals surface area contributed by atoms with Crippen molar-refractivity contribution < 1.29 is 19.7 Å². The number of carbonyl (C=O) groups is 1. The number of halogens is 1. The fourth-order valence-electron chi connectivity index (χ4n) is 5.58. The number of carbonyl (C=O) groups excluding carboxylic acids is 1. The number of rotatable bonds is 1. The van der Waals surface area contributed by atoms with Gasteiger partial charge in [-0.2, -0.15) is 0 Å². The molecule has 0 saturated heterocycles. The zero-order valence-electron chi connectivity index (χ0n) is 13.9. The zero-order valence-corrected chi connectivity index (χ0v) is 15.4. The van der Waals surface area contributed by atoms with E-state index in [1.165, 1.54) is 7.11 Å². The minimum Gasteiger partial charge on any atom is -0.506 e. The van der Waals surface area contributed by atoms with E-state index in [4.69, 9.17) is 4.74 Å². The van der Waals surface area contributed by atoms with Crippen LogP contribution in [0.15, 0.2) is 22.7 Å². The maximum Gasteiger partial charge on any atom is 0.313 e. The van der Waals surface area contributed by atoms with E-state index in [1.54, 1.807) is 0 Å². The summed E-state index contributed by atoms with van der Waals surface area (Å²) in [6.45, 7) is 5.95. The second-order valence-electron chi connectivity index (χ2n) is 7.60. The number of methoxy groups -OCH3 is 1. The molecule has 2 saturated carbocycles. The van der Waals surface area contributed by atoms with Crippen LogP contribution in [0.3, 0.4) is 0 Å². The molecule has 4 rings (SSSR count). The smallest absolute Gasteiger partial charge is 0.313 e. The van der Waals surface area contributed by atoms with Crippen LogP contribution < -0.4 is 0 Å². The Kier molecular flexibility index (Phi) is 3.27. The Hall–Kier alpha value is -1.33. The summed E-state index contributed by atoms with van der Waals surface area (Å²) in [5.74, 6) is -0.411. The van der Waals surface area contributed by atoms with Gasteiger partial charge in [0, 0.05) is 5.41 Å². The number of phenolic OH excluding ortho intramolecular Hbond substituents is 1. The Bertz CT molecular complexity index is 786. The maximum absolute atomic E-state index is 12.7. The van der Waals surface area contributed by atoms with Crippen LogP contribution in [0, 0.1) is 12.3 Å². The molecule has 1 aromatic rings. The third kappa shape index (κ3) is 1.75. The molecular weight excluding hydrogens is 372 g/mol. The second kappa shape index (κ2) is 4.85. The summed E-state index contributed by atoms with van der Waals surface area (Å²) in [6, 6.07) is 1.94. The van der Waals surface area contributed by atoms with Crippen LogP contribution >= 0.6 is 15.9 Å². The van der Waals surface area contributed by atoms with Crippen molar-refractivity contribution in [1.82, 2.24) is 0 Å². The lowest BCUT2D eigenvalue weighted by molar-refractivity contribution is -0.147. The highest BCUT2D eigenvalue weighted by molar-refractivity contribution is 9.10. The topological polar surface area (TPSA) is 66.8 Å². The molecule has 0 amide bonds. The van der Waals surface area contributed by atoms with Crippen molar-refractivity contribution in [3.8, 4) is 5.75 Å². The lowest BCUT2D eigenvalue weighted by Crippen LogP contribution is -2.40. The van der Waals surface area contributed by atoms with E-state index in [9.17, 15) is 15.0 Å². The molecule has 4 atom stereocenters. The van der Waals surface area contributed by atoms with Gasteiger partial charge in [0.1, 0.15) is 5.75 Å². The van der Waals surface area contributed by atoms with E-state index >= 15 is 0 Å². The summed E-state index contributed by atoms with van der Waals surface area (Å²) in [5, 5.41) is 21.3. The highest BCUT2D eigenvalue weighted by Crippen LogP contribution is 2.72. The van der Waals surface area contributed by atoms with Crippen molar-refractivity contribution in [2.75, 3.05) is 7.11 Å². The zero-order chi connectivity index (χ0) is 17.4. The van der Waals surface area contributed by atoms with Crippen LogP contribution in [-0.2, 0) is 9.53 Å². The number of esters is 1. The van der Waals surface area contributed by atoms with E-state index in [0.717, 1.165) is 28.7 Å². The summed E-state index contributed by atoms with van der Waals surface area (Å²) in [4.78, 5) is 12.7. The van der Waals surface area contributed by atoms with E-state index in [-0.39, 0.29) is 17.6 Å². The number of aliphatic hydroxyl groups is 1. The standard InChI is InChI=1S/C19H21BrO4/c1-9-7-18-8-19(9,23)5-4-12(18)11-6-13(20)16(21)10(2)14(11)15(18)17(22)24-3/h6,12,15,21,23H,1,4-5,7-8H2,2-3H3/t12-,15+,18-,19-/m0/s1. The Morgan fingerprint density at radius 1 is 1.50 bits per heavy atom.